The minimum absolute atomic E-state index is 0. The standard InChI is InChI=1S/C18H31N3O2.HI/c1-18(2,3)16(23-6)13-21-17(19-4)20-11-10-14-8-7-9-15(12-14)22-5;/h7-9,12,16H,10-11,13H2,1-6H3,(H2,19,20,21);1H. The molecule has 5 nitrogen and oxygen atoms in total. The van der Waals surface area contributed by atoms with E-state index in [1.54, 1.807) is 21.3 Å². The number of aliphatic imine (C=N–C) groups is 1. The van der Waals surface area contributed by atoms with Crippen LogP contribution in [-0.2, 0) is 11.2 Å². The first kappa shape index (κ1) is 23.0. The van der Waals surface area contributed by atoms with Crippen molar-refractivity contribution in [2.45, 2.75) is 33.3 Å². The number of ether oxygens (including phenoxy) is 2. The molecule has 0 saturated heterocycles. The molecule has 138 valence electrons. The predicted molar refractivity (Wildman–Crippen MR) is 112 cm³/mol. The zero-order valence-electron chi connectivity index (χ0n) is 15.7. The van der Waals surface area contributed by atoms with E-state index in [4.69, 9.17) is 9.47 Å². The Bertz CT molecular complexity index is 501. The molecule has 2 N–H and O–H groups in total. The van der Waals surface area contributed by atoms with E-state index in [0.717, 1.165) is 31.2 Å². The van der Waals surface area contributed by atoms with Gasteiger partial charge in [0.15, 0.2) is 5.96 Å². The van der Waals surface area contributed by atoms with Crippen molar-refractivity contribution in [1.82, 2.24) is 10.6 Å². The van der Waals surface area contributed by atoms with Gasteiger partial charge in [-0.2, -0.15) is 0 Å². The molecule has 0 radical (unpaired) electrons. The summed E-state index contributed by atoms with van der Waals surface area (Å²) in [5.74, 6) is 1.68. The number of nitrogens with one attached hydrogen (secondary N) is 2. The average molecular weight is 449 g/mol. The first-order valence-electron chi connectivity index (χ1n) is 8.01. The van der Waals surface area contributed by atoms with Crippen LogP contribution in [0.25, 0.3) is 0 Å². The zero-order chi connectivity index (χ0) is 17.3. The number of methoxy groups -OCH3 is 2. The van der Waals surface area contributed by atoms with Crippen molar-refractivity contribution in [2.75, 3.05) is 34.4 Å². The van der Waals surface area contributed by atoms with Crippen LogP contribution in [0, 0.1) is 5.41 Å². The van der Waals surface area contributed by atoms with E-state index in [9.17, 15) is 0 Å². The Morgan fingerprint density at radius 1 is 1.21 bits per heavy atom. The molecule has 0 saturated carbocycles. The number of halogens is 1. The number of rotatable bonds is 7. The molecule has 1 rings (SSSR count). The molecule has 0 aliphatic rings. The number of nitrogens with zero attached hydrogens (tertiary/aromatic N) is 1. The van der Waals surface area contributed by atoms with Crippen molar-refractivity contribution in [3.63, 3.8) is 0 Å². The summed E-state index contributed by atoms with van der Waals surface area (Å²) in [6.07, 6.45) is 1.03. The van der Waals surface area contributed by atoms with Crippen LogP contribution in [0.1, 0.15) is 26.3 Å². The van der Waals surface area contributed by atoms with Gasteiger partial charge < -0.3 is 20.1 Å². The molecule has 0 aliphatic heterocycles. The molecule has 0 spiro atoms. The molecule has 6 heteroatoms. The highest BCUT2D eigenvalue weighted by Gasteiger charge is 2.24. The highest BCUT2D eigenvalue weighted by atomic mass is 127. The lowest BCUT2D eigenvalue weighted by atomic mass is 9.89. The number of hydrogen-bond acceptors (Lipinski definition) is 3. The zero-order valence-corrected chi connectivity index (χ0v) is 18.0. The fraction of sp³-hybridized carbons (Fsp3) is 0.611. The summed E-state index contributed by atoms with van der Waals surface area (Å²) in [6.45, 7) is 8.03. The van der Waals surface area contributed by atoms with Gasteiger partial charge in [0.05, 0.1) is 13.2 Å². The Morgan fingerprint density at radius 3 is 2.46 bits per heavy atom. The summed E-state index contributed by atoms with van der Waals surface area (Å²) in [5.41, 5.74) is 1.32. The van der Waals surface area contributed by atoms with Gasteiger partial charge in [0, 0.05) is 27.2 Å². The minimum atomic E-state index is 0. The normalized spacial score (nSPS) is 13.0. The van der Waals surface area contributed by atoms with Gasteiger partial charge in [0.25, 0.3) is 0 Å². The molecule has 0 amide bonds. The topological polar surface area (TPSA) is 54.9 Å². The average Bonchev–Trinajstić information content (AvgIpc) is 2.52. The van der Waals surface area contributed by atoms with Crippen molar-refractivity contribution < 1.29 is 9.47 Å². The van der Waals surface area contributed by atoms with Crippen LogP contribution in [0.3, 0.4) is 0 Å². The van der Waals surface area contributed by atoms with Crippen molar-refractivity contribution in [2.24, 2.45) is 10.4 Å². The fourth-order valence-corrected chi connectivity index (χ4v) is 2.31. The van der Waals surface area contributed by atoms with E-state index in [1.807, 2.05) is 12.1 Å². The van der Waals surface area contributed by atoms with Gasteiger partial charge in [0.2, 0.25) is 0 Å². The van der Waals surface area contributed by atoms with E-state index in [1.165, 1.54) is 5.56 Å². The Labute approximate surface area is 163 Å². The summed E-state index contributed by atoms with van der Waals surface area (Å²) in [6, 6.07) is 8.11. The monoisotopic (exact) mass is 449 g/mol. The maximum absolute atomic E-state index is 5.55. The van der Waals surface area contributed by atoms with Crippen LogP contribution in [0.15, 0.2) is 29.3 Å². The maximum atomic E-state index is 5.55. The van der Waals surface area contributed by atoms with Gasteiger partial charge in [-0.25, -0.2) is 0 Å². The summed E-state index contributed by atoms with van der Waals surface area (Å²) < 4.78 is 10.8. The predicted octanol–water partition coefficient (Wildman–Crippen LogP) is 3.08. The summed E-state index contributed by atoms with van der Waals surface area (Å²) in [5, 5.41) is 6.65. The van der Waals surface area contributed by atoms with Crippen LogP contribution < -0.4 is 15.4 Å². The summed E-state index contributed by atoms with van der Waals surface area (Å²) in [4.78, 5) is 4.26. The highest BCUT2D eigenvalue weighted by molar-refractivity contribution is 14.0. The van der Waals surface area contributed by atoms with Crippen LogP contribution in [0.5, 0.6) is 5.75 Å². The molecule has 1 aromatic carbocycles. The number of guanidine groups is 1. The van der Waals surface area contributed by atoms with E-state index in [-0.39, 0.29) is 35.5 Å². The third kappa shape index (κ3) is 8.19. The minimum Gasteiger partial charge on any atom is -0.497 e. The van der Waals surface area contributed by atoms with E-state index in [0.29, 0.717) is 0 Å². The third-order valence-electron chi connectivity index (χ3n) is 3.77. The molecule has 0 fully saturated rings. The van der Waals surface area contributed by atoms with Gasteiger partial charge in [-0.1, -0.05) is 32.9 Å². The lowest BCUT2D eigenvalue weighted by molar-refractivity contribution is 0.0205. The summed E-state index contributed by atoms with van der Waals surface area (Å²) >= 11 is 0. The molecule has 0 aromatic heterocycles. The Morgan fingerprint density at radius 2 is 1.92 bits per heavy atom. The van der Waals surface area contributed by atoms with Crippen LogP contribution in [0.4, 0.5) is 0 Å². The summed E-state index contributed by atoms with van der Waals surface area (Å²) in [7, 11) is 5.21. The molecule has 0 bridgehead atoms. The van der Waals surface area contributed by atoms with Gasteiger partial charge >= 0.3 is 0 Å². The first-order valence-corrected chi connectivity index (χ1v) is 8.01. The Balaban J connectivity index is 0.00000529. The molecule has 0 aliphatic carbocycles. The van der Waals surface area contributed by atoms with Gasteiger partial charge in [-0.15, -0.1) is 24.0 Å². The highest BCUT2D eigenvalue weighted by Crippen LogP contribution is 2.20. The largest absolute Gasteiger partial charge is 0.497 e. The lowest BCUT2D eigenvalue weighted by Gasteiger charge is -2.30. The molecule has 1 atom stereocenters. The smallest absolute Gasteiger partial charge is 0.191 e. The number of hydrogen-bond donors (Lipinski definition) is 2. The fourth-order valence-electron chi connectivity index (χ4n) is 2.31. The van der Waals surface area contributed by atoms with E-state index in [2.05, 4.69) is 48.5 Å². The van der Waals surface area contributed by atoms with Gasteiger partial charge in [0.1, 0.15) is 5.75 Å². The lowest BCUT2D eigenvalue weighted by Crippen LogP contribution is -2.45. The third-order valence-corrected chi connectivity index (χ3v) is 3.77. The van der Waals surface area contributed by atoms with Crippen molar-refractivity contribution in [1.29, 1.82) is 0 Å². The van der Waals surface area contributed by atoms with Crippen LogP contribution in [0.2, 0.25) is 0 Å². The quantitative estimate of drug-likeness (QED) is 0.382. The Kier molecular flexibility index (Phi) is 11.0. The van der Waals surface area contributed by atoms with E-state index < -0.39 is 0 Å². The molecule has 1 unspecified atom stereocenters. The second-order valence-electron chi connectivity index (χ2n) is 6.57. The van der Waals surface area contributed by atoms with Crippen molar-refractivity contribution >= 4 is 29.9 Å². The molecular weight excluding hydrogens is 417 g/mol. The maximum Gasteiger partial charge on any atom is 0.191 e. The molecule has 1 aromatic rings. The van der Waals surface area contributed by atoms with Crippen molar-refractivity contribution in [3.05, 3.63) is 29.8 Å². The van der Waals surface area contributed by atoms with Crippen molar-refractivity contribution in [3.8, 4) is 5.75 Å². The second-order valence-corrected chi connectivity index (χ2v) is 6.57. The van der Waals surface area contributed by atoms with E-state index >= 15 is 0 Å². The van der Waals surface area contributed by atoms with Crippen LogP contribution >= 0.6 is 24.0 Å². The Hall–Kier alpha value is -1.02. The molecule has 0 heterocycles. The second kappa shape index (κ2) is 11.5. The SMILES string of the molecule is CN=C(NCCc1cccc(OC)c1)NCC(OC)C(C)(C)C.I. The van der Waals surface area contributed by atoms with Crippen LogP contribution in [-0.4, -0.2) is 46.4 Å². The van der Waals surface area contributed by atoms with Gasteiger partial charge in [-0.3, -0.25) is 4.99 Å². The number of benzene rings is 1. The molecule has 24 heavy (non-hydrogen) atoms. The first-order chi connectivity index (χ1) is 10.9. The van der Waals surface area contributed by atoms with Gasteiger partial charge in [-0.05, 0) is 29.5 Å². The molecular formula is C18H32IN3O2.